The summed E-state index contributed by atoms with van der Waals surface area (Å²) < 4.78 is 24.8. The van der Waals surface area contributed by atoms with Gasteiger partial charge >= 0.3 is 11.9 Å². The van der Waals surface area contributed by atoms with Crippen LogP contribution >= 0.6 is 23.4 Å². The van der Waals surface area contributed by atoms with Crippen molar-refractivity contribution in [3.63, 3.8) is 0 Å². The van der Waals surface area contributed by atoms with Gasteiger partial charge in [0.1, 0.15) is 23.4 Å². The fraction of sp³-hybridized carbons (Fsp3) is 0.414. The largest absolute Gasteiger partial charge is 0.494 e. The van der Waals surface area contributed by atoms with Crippen LogP contribution in [0.1, 0.15) is 38.3 Å². The molecule has 0 saturated carbocycles. The molecule has 0 aliphatic rings. The fourth-order valence-corrected chi connectivity index (χ4v) is 5.17. The Bertz CT molecular complexity index is 1300. The van der Waals surface area contributed by atoms with Gasteiger partial charge in [-0.15, -0.1) is 11.8 Å². The molecule has 0 unspecified atom stereocenters. The lowest BCUT2D eigenvalue weighted by Crippen LogP contribution is -2.54. The molecule has 14 heteroatoms. The molecule has 43 heavy (non-hydrogen) atoms. The standard InChI is InChI=1S/C29H34ClFN2O9S/c1-4-41-24-9-8-18(42-13-27(38)39)10-17(24)11-25(35)33-28(16(2)3)29(40)32-22(12-26(36)37)23(34)15-43-14-19-20(30)6-5-7-21(19)31/h5-10,16,22,28H,4,11-15H2,1-3H3,(H,32,40)(H,33,35)(H,36,37)(H,38,39)/t22-,28-/m0/s1. The number of rotatable bonds is 18. The minimum absolute atomic E-state index is 0.0575. The minimum atomic E-state index is -1.39. The van der Waals surface area contributed by atoms with Crippen molar-refractivity contribution in [3.8, 4) is 11.5 Å². The first-order valence-corrected chi connectivity index (χ1v) is 14.8. The van der Waals surface area contributed by atoms with E-state index in [-0.39, 0.29) is 34.3 Å². The van der Waals surface area contributed by atoms with Crippen LogP contribution in [-0.4, -0.2) is 70.8 Å². The van der Waals surface area contributed by atoms with Crippen LogP contribution in [0.15, 0.2) is 36.4 Å². The zero-order chi connectivity index (χ0) is 32.1. The third kappa shape index (κ3) is 11.8. The predicted molar refractivity (Wildman–Crippen MR) is 158 cm³/mol. The van der Waals surface area contributed by atoms with E-state index in [4.69, 9.17) is 26.2 Å². The summed E-state index contributed by atoms with van der Waals surface area (Å²) in [5.74, 6) is -5.00. The normalized spacial score (nSPS) is 12.2. The average molecular weight is 641 g/mol. The van der Waals surface area contributed by atoms with Crippen molar-refractivity contribution in [2.24, 2.45) is 5.92 Å². The summed E-state index contributed by atoms with van der Waals surface area (Å²) in [6.07, 6.45) is -0.936. The number of thioether (sulfide) groups is 1. The average Bonchev–Trinajstić information content (AvgIpc) is 2.92. The Morgan fingerprint density at radius 3 is 2.35 bits per heavy atom. The van der Waals surface area contributed by atoms with Crippen molar-refractivity contribution < 1.29 is 48.0 Å². The summed E-state index contributed by atoms with van der Waals surface area (Å²) in [7, 11) is 0. The van der Waals surface area contributed by atoms with E-state index in [9.17, 15) is 33.5 Å². The van der Waals surface area contributed by atoms with Gasteiger partial charge in [0.2, 0.25) is 11.8 Å². The number of benzene rings is 2. The highest BCUT2D eigenvalue weighted by Crippen LogP contribution is 2.26. The van der Waals surface area contributed by atoms with Gasteiger partial charge in [0.25, 0.3) is 0 Å². The van der Waals surface area contributed by atoms with E-state index in [1.807, 2.05) is 0 Å². The summed E-state index contributed by atoms with van der Waals surface area (Å²) in [5.41, 5.74) is 0.589. The molecule has 2 rings (SSSR count). The molecular formula is C29H34ClFN2O9S. The smallest absolute Gasteiger partial charge is 0.341 e. The van der Waals surface area contributed by atoms with Gasteiger partial charge in [-0.1, -0.05) is 31.5 Å². The number of nitrogens with one attached hydrogen (secondary N) is 2. The molecule has 0 heterocycles. The van der Waals surface area contributed by atoms with E-state index in [0.29, 0.717) is 17.9 Å². The topological polar surface area (TPSA) is 168 Å². The number of halogens is 2. The Morgan fingerprint density at radius 1 is 1.02 bits per heavy atom. The maximum Gasteiger partial charge on any atom is 0.341 e. The van der Waals surface area contributed by atoms with Gasteiger partial charge in [-0.3, -0.25) is 19.2 Å². The number of amides is 2. The highest BCUT2D eigenvalue weighted by atomic mass is 35.5. The van der Waals surface area contributed by atoms with Crippen molar-refractivity contribution in [3.05, 3.63) is 58.4 Å². The first-order chi connectivity index (χ1) is 20.3. The summed E-state index contributed by atoms with van der Waals surface area (Å²) >= 11 is 7.04. The van der Waals surface area contributed by atoms with E-state index in [1.54, 1.807) is 20.8 Å². The molecular weight excluding hydrogens is 607 g/mol. The molecule has 0 bridgehead atoms. The number of hydrogen-bond acceptors (Lipinski definition) is 8. The van der Waals surface area contributed by atoms with Crippen LogP contribution < -0.4 is 20.1 Å². The Balaban J connectivity index is 2.10. The van der Waals surface area contributed by atoms with Crippen molar-refractivity contribution in [2.45, 2.75) is 51.4 Å². The van der Waals surface area contributed by atoms with Crippen LogP contribution in [0.2, 0.25) is 5.02 Å². The molecule has 0 saturated heterocycles. The number of carbonyl (C=O) groups excluding carboxylic acids is 3. The quantitative estimate of drug-likeness (QED) is 0.189. The molecule has 0 radical (unpaired) electrons. The van der Waals surface area contributed by atoms with Gasteiger partial charge in [-0.25, -0.2) is 9.18 Å². The van der Waals surface area contributed by atoms with Crippen LogP contribution in [-0.2, 0) is 36.1 Å². The number of carboxylic acid groups (broad SMARTS) is 2. The third-order valence-corrected chi connectivity index (χ3v) is 7.28. The number of aliphatic carboxylic acids is 2. The van der Waals surface area contributed by atoms with E-state index in [2.05, 4.69) is 10.6 Å². The van der Waals surface area contributed by atoms with Crippen LogP contribution in [0.3, 0.4) is 0 Å². The van der Waals surface area contributed by atoms with E-state index < -0.39 is 66.4 Å². The minimum Gasteiger partial charge on any atom is -0.494 e. The third-order valence-electron chi connectivity index (χ3n) is 5.95. The molecule has 0 fully saturated rings. The number of hydrogen-bond donors (Lipinski definition) is 4. The Kier molecular flexibility index (Phi) is 14.2. The Hall–Kier alpha value is -3.84. The molecule has 2 amide bonds. The van der Waals surface area contributed by atoms with Crippen molar-refractivity contribution in [1.82, 2.24) is 10.6 Å². The van der Waals surface area contributed by atoms with Crippen LogP contribution in [0.4, 0.5) is 4.39 Å². The molecule has 234 valence electrons. The maximum absolute atomic E-state index is 14.0. The van der Waals surface area contributed by atoms with Crippen molar-refractivity contribution in [1.29, 1.82) is 0 Å². The summed E-state index contributed by atoms with van der Waals surface area (Å²) in [4.78, 5) is 61.4. The van der Waals surface area contributed by atoms with Gasteiger partial charge < -0.3 is 30.3 Å². The molecule has 11 nitrogen and oxygen atoms in total. The summed E-state index contributed by atoms with van der Waals surface area (Å²) in [6.45, 7) is 4.80. The van der Waals surface area contributed by atoms with E-state index in [0.717, 1.165) is 11.8 Å². The SMILES string of the molecule is CCOc1ccc(OCC(=O)O)cc1CC(=O)N[C@H](C(=O)N[C@@H](CC(=O)O)C(=O)CSCc1c(F)cccc1Cl)C(C)C. The van der Waals surface area contributed by atoms with Gasteiger partial charge in [0, 0.05) is 21.9 Å². The summed E-state index contributed by atoms with van der Waals surface area (Å²) in [6, 6.07) is 6.19. The number of Topliss-reactive ketones (excluding diaryl/α,β-unsaturated/α-hetero) is 1. The second-order valence-electron chi connectivity index (χ2n) is 9.67. The van der Waals surface area contributed by atoms with E-state index in [1.165, 1.54) is 36.4 Å². The van der Waals surface area contributed by atoms with Gasteiger partial charge in [0.05, 0.1) is 31.2 Å². The molecule has 0 spiro atoms. The monoisotopic (exact) mass is 640 g/mol. The van der Waals surface area contributed by atoms with Crippen LogP contribution in [0.25, 0.3) is 0 Å². The van der Waals surface area contributed by atoms with Crippen LogP contribution in [0.5, 0.6) is 11.5 Å². The number of ketones is 1. The zero-order valence-corrected chi connectivity index (χ0v) is 25.4. The van der Waals surface area contributed by atoms with Crippen molar-refractivity contribution >= 4 is 52.9 Å². The molecule has 0 aliphatic heterocycles. The zero-order valence-electron chi connectivity index (χ0n) is 23.9. The van der Waals surface area contributed by atoms with E-state index >= 15 is 0 Å². The predicted octanol–water partition coefficient (Wildman–Crippen LogP) is 3.49. The maximum atomic E-state index is 14.0. The molecule has 0 aromatic heterocycles. The molecule has 0 aliphatic carbocycles. The lowest BCUT2D eigenvalue weighted by molar-refractivity contribution is -0.140. The lowest BCUT2D eigenvalue weighted by atomic mass is 10.0. The molecule has 2 aromatic rings. The number of ether oxygens (including phenoxy) is 2. The highest BCUT2D eigenvalue weighted by Gasteiger charge is 2.30. The Morgan fingerprint density at radius 2 is 1.74 bits per heavy atom. The van der Waals surface area contributed by atoms with Gasteiger partial charge in [-0.05, 0) is 43.2 Å². The second kappa shape index (κ2) is 17.3. The summed E-state index contributed by atoms with van der Waals surface area (Å²) in [5, 5.41) is 23.4. The second-order valence-corrected chi connectivity index (χ2v) is 11.1. The highest BCUT2D eigenvalue weighted by molar-refractivity contribution is 7.99. The van der Waals surface area contributed by atoms with Gasteiger partial charge in [-0.2, -0.15) is 0 Å². The van der Waals surface area contributed by atoms with Crippen molar-refractivity contribution in [2.75, 3.05) is 19.0 Å². The molecule has 4 N–H and O–H groups in total. The van der Waals surface area contributed by atoms with Crippen LogP contribution in [0, 0.1) is 11.7 Å². The van der Waals surface area contributed by atoms with Gasteiger partial charge in [0.15, 0.2) is 12.4 Å². The molecule has 2 aromatic carbocycles. The number of carboxylic acids is 2. The Labute approximate surface area is 257 Å². The first kappa shape index (κ1) is 35.4. The fourth-order valence-electron chi connectivity index (χ4n) is 3.86. The number of carbonyl (C=O) groups is 5. The molecule has 2 atom stereocenters. The lowest BCUT2D eigenvalue weighted by Gasteiger charge is -2.25. The first-order valence-electron chi connectivity index (χ1n) is 13.3.